The van der Waals surface area contributed by atoms with E-state index in [1.807, 2.05) is 17.0 Å². The zero-order chi connectivity index (χ0) is 20.3. The summed E-state index contributed by atoms with van der Waals surface area (Å²) >= 11 is 0. The van der Waals surface area contributed by atoms with Crippen LogP contribution in [0.1, 0.15) is 65.2 Å². The fraction of sp³-hybridized carbons (Fsp3) is 0.696. The molecular formula is C23H35N5O. The maximum Gasteiger partial charge on any atom is 0.328 e. The molecule has 1 aromatic heterocycles. The first-order chi connectivity index (χ1) is 14.1. The van der Waals surface area contributed by atoms with Gasteiger partial charge in [-0.3, -0.25) is 20.2 Å². The first-order valence-electron chi connectivity index (χ1n) is 11.4. The molecular weight excluding hydrogens is 362 g/mol. The largest absolute Gasteiger partial charge is 0.328 e. The van der Waals surface area contributed by atoms with E-state index >= 15 is 0 Å². The molecule has 3 fully saturated rings. The van der Waals surface area contributed by atoms with Gasteiger partial charge in [-0.2, -0.15) is 0 Å². The minimum atomic E-state index is -0.355. The summed E-state index contributed by atoms with van der Waals surface area (Å²) in [5.41, 5.74) is 0.515. The maximum absolute atomic E-state index is 13.1. The molecule has 1 spiro atoms. The number of amidine groups is 1. The van der Waals surface area contributed by atoms with Crippen LogP contribution in [0.4, 0.5) is 10.5 Å². The normalized spacial score (nSPS) is 24.6. The summed E-state index contributed by atoms with van der Waals surface area (Å²) in [5, 5.41) is 3.17. The van der Waals surface area contributed by atoms with Crippen LogP contribution >= 0.6 is 0 Å². The van der Waals surface area contributed by atoms with E-state index in [0.717, 1.165) is 62.8 Å². The van der Waals surface area contributed by atoms with E-state index in [2.05, 4.69) is 29.0 Å². The second kappa shape index (κ2) is 8.82. The Morgan fingerprint density at radius 2 is 2.00 bits per heavy atom. The van der Waals surface area contributed by atoms with Gasteiger partial charge in [0.1, 0.15) is 11.4 Å². The molecule has 2 saturated heterocycles. The molecule has 0 unspecified atom stereocenters. The fourth-order valence-electron chi connectivity index (χ4n) is 5.02. The first-order valence-corrected chi connectivity index (χ1v) is 11.4. The van der Waals surface area contributed by atoms with Crippen molar-refractivity contribution < 1.29 is 4.79 Å². The van der Waals surface area contributed by atoms with E-state index in [-0.39, 0.29) is 11.6 Å². The van der Waals surface area contributed by atoms with Gasteiger partial charge in [-0.05, 0) is 56.7 Å². The highest BCUT2D eigenvalue weighted by Gasteiger charge is 2.53. The highest BCUT2D eigenvalue weighted by atomic mass is 16.2. The van der Waals surface area contributed by atoms with Crippen molar-refractivity contribution in [2.45, 2.75) is 76.8 Å². The Balaban J connectivity index is 1.60. The number of pyridine rings is 1. The summed E-state index contributed by atoms with van der Waals surface area (Å²) in [4.78, 5) is 27.0. The Morgan fingerprint density at radius 3 is 2.66 bits per heavy atom. The summed E-state index contributed by atoms with van der Waals surface area (Å²) in [6, 6.07) is 4.19. The van der Waals surface area contributed by atoms with E-state index in [0.29, 0.717) is 6.04 Å². The standard InChI is InChI=1S/C23H35N5O/c1-18(2)10-14-27-15-11-23(12-16-27)21(25-19-7-4-3-5-8-19)26-22(29)28(23)20-9-6-13-24-17-20/h6,9,13,17-19H,3-5,7-8,10-12,14-16H2,1-2H3,(H,25,26,29). The molecule has 2 amide bonds. The van der Waals surface area contributed by atoms with Gasteiger partial charge in [0.25, 0.3) is 0 Å². The number of hydrogen-bond donors (Lipinski definition) is 1. The van der Waals surface area contributed by atoms with Gasteiger partial charge in [0.05, 0.1) is 17.9 Å². The number of carbonyl (C=O) groups is 1. The summed E-state index contributed by atoms with van der Waals surface area (Å²) < 4.78 is 0. The van der Waals surface area contributed by atoms with Crippen molar-refractivity contribution in [3.05, 3.63) is 24.5 Å². The minimum absolute atomic E-state index is 0.0526. The average molecular weight is 398 g/mol. The van der Waals surface area contributed by atoms with Crippen molar-refractivity contribution in [2.75, 3.05) is 24.5 Å². The molecule has 6 nitrogen and oxygen atoms in total. The van der Waals surface area contributed by atoms with Crippen LogP contribution in [0.5, 0.6) is 0 Å². The number of aliphatic imine (C=N–C) groups is 1. The number of aromatic nitrogens is 1. The second-order valence-corrected chi connectivity index (χ2v) is 9.30. The Bertz CT molecular complexity index is 718. The summed E-state index contributed by atoms with van der Waals surface area (Å²) in [6.07, 6.45) is 12.7. The highest BCUT2D eigenvalue weighted by Crippen LogP contribution is 2.38. The van der Waals surface area contributed by atoms with E-state index in [1.165, 1.54) is 25.7 Å². The van der Waals surface area contributed by atoms with Gasteiger partial charge in [-0.25, -0.2) is 4.79 Å². The van der Waals surface area contributed by atoms with Crippen molar-refractivity contribution in [3.8, 4) is 0 Å². The number of amides is 2. The Kier molecular flexibility index (Phi) is 6.18. The molecule has 1 aliphatic carbocycles. The highest BCUT2D eigenvalue weighted by molar-refractivity contribution is 6.19. The van der Waals surface area contributed by atoms with Crippen molar-refractivity contribution in [1.29, 1.82) is 0 Å². The fourth-order valence-corrected chi connectivity index (χ4v) is 5.02. The number of piperidine rings is 1. The van der Waals surface area contributed by atoms with Crippen LogP contribution in [-0.4, -0.2) is 53.0 Å². The number of urea groups is 1. The number of nitrogens with zero attached hydrogens (tertiary/aromatic N) is 4. The van der Waals surface area contributed by atoms with Crippen LogP contribution in [-0.2, 0) is 0 Å². The lowest BCUT2D eigenvalue weighted by Crippen LogP contribution is -2.57. The van der Waals surface area contributed by atoms with Crippen molar-refractivity contribution >= 4 is 17.6 Å². The predicted octanol–water partition coefficient (Wildman–Crippen LogP) is 4.22. The van der Waals surface area contributed by atoms with Gasteiger partial charge >= 0.3 is 6.03 Å². The van der Waals surface area contributed by atoms with Gasteiger partial charge in [-0.1, -0.05) is 33.1 Å². The average Bonchev–Trinajstić information content (AvgIpc) is 2.99. The summed E-state index contributed by atoms with van der Waals surface area (Å²) in [6.45, 7) is 7.70. The van der Waals surface area contributed by atoms with Crippen LogP contribution in [0.15, 0.2) is 29.5 Å². The molecule has 158 valence electrons. The Morgan fingerprint density at radius 1 is 1.24 bits per heavy atom. The lowest BCUT2D eigenvalue weighted by atomic mass is 9.84. The van der Waals surface area contributed by atoms with Gasteiger partial charge in [0.15, 0.2) is 0 Å². The number of likely N-dealkylation sites (tertiary alicyclic amines) is 1. The number of nitrogens with one attached hydrogen (secondary N) is 1. The molecule has 3 heterocycles. The Hall–Kier alpha value is -1.95. The number of hydrogen-bond acceptors (Lipinski definition) is 4. The van der Waals surface area contributed by atoms with Crippen LogP contribution < -0.4 is 10.2 Å². The van der Waals surface area contributed by atoms with Gasteiger partial charge < -0.3 is 4.90 Å². The molecule has 0 aromatic carbocycles. The third-order valence-electron chi connectivity index (χ3n) is 6.79. The second-order valence-electron chi connectivity index (χ2n) is 9.30. The van der Waals surface area contributed by atoms with Crippen LogP contribution in [0.2, 0.25) is 0 Å². The van der Waals surface area contributed by atoms with Gasteiger partial charge in [0, 0.05) is 19.3 Å². The zero-order valence-electron chi connectivity index (χ0n) is 17.9. The zero-order valence-corrected chi connectivity index (χ0v) is 17.9. The quantitative estimate of drug-likeness (QED) is 0.809. The van der Waals surface area contributed by atoms with Crippen molar-refractivity contribution in [2.24, 2.45) is 10.9 Å². The van der Waals surface area contributed by atoms with Crippen LogP contribution in [0.3, 0.4) is 0 Å². The number of anilines is 1. The SMILES string of the molecule is CC(C)CCN1CCC2(CC1)C(=NC1CCCCC1)NC(=O)N2c1cccnc1. The molecule has 0 bridgehead atoms. The molecule has 3 aliphatic rings. The molecule has 0 atom stereocenters. The molecule has 4 rings (SSSR count). The summed E-state index contributed by atoms with van der Waals surface area (Å²) in [7, 11) is 0. The molecule has 29 heavy (non-hydrogen) atoms. The minimum Gasteiger partial charge on any atom is -0.303 e. The van der Waals surface area contributed by atoms with Gasteiger partial charge in [-0.15, -0.1) is 0 Å². The Labute approximate surface area is 174 Å². The topological polar surface area (TPSA) is 60.8 Å². The first kappa shape index (κ1) is 20.3. The number of rotatable bonds is 5. The lowest BCUT2D eigenvalue weighted by molar-refractivity contribution is 0.183. The number of carbonyl (C=O) groups excluding carboxylic acids is 1. The third-order valence-corrected chi connectivity index (χ3v) is 6.79. The molecule has 1 N–H and O–H groups in total. The predicted molar refractivity (Wildman–Crippen MR) is 117 cm³/mol. The van der Waals surface area contributed by atoms with E-state index < -0.39 is 0 Å². The molecule has 1 aromatic rings. The monoisotopic (exact) mass is 397 g/mol. The van der Waals surface area contributed by atoms with Crippen molar-refractivity contribution in [3.63, 3.8) is 0 Å². The van der Waals surface area contributed by atoms with E-state index in [9.17, 15) is 4.79 Å². The van der Waals surface area contributed by atoms with Gasteiger partial charge in [0.2, 0.25) is 0 Å². The van der Waals surface area contributed by atoms with E-state index in [1.54, 1.807) is 12.4 Å². The molecule has 1 saturated carbocycles. The van der Waals surface area contributed by atoms with Crippen molar-refractivity contribution in [1.82, 2.24) is 15.2 Å². The van der Waals surface area contributed by atoms with Crippen LogP contribution in [0.25, 0.3) is 0 Å². The van der Waals surface area contributed by atoms with E-state index in [4.69, 9.17) is 4.99 Å². The van der Waals surface area contributed by atoms with Crippen LogP contribution in [0, 0.1) is 5.92 Å². The smallest absolute Gasteiger partial charge is 0.303 e. The third kappa shape index (κ3) is 4.32. The maximum atomic E-state index is 13.1. The summed E-state index contributed by atoms with van der Waals surface area (Å²) in [5.74, 6) is 1.62. The molecule has 6 heteroatoms. The molecule has 0 radical (unpaired) electrons. The lowest BCUT2D eigenvalue weighted by Gasteiger charge is -2.43. The molecule has 2 aliphatic heterocycles.